The topological polar surface area (TPSA) is 61.9 Å². The van der Waals surface area contributed by atoms with Crippen molar-refractivity contribution in [2.24, 2.45) is 17.8 Å². The molecule has 4 aliphatic rings. The van der Waals surface area contributed by atoms with E-state index in [4.69, 9.17) is 4.74 Å². The van der Waals surface area contributed by atoms with E-state index in [0.29, 0.717) is 38.3 Å². The van der Waals surface area contributed by atoms with E-state index in [2.05, 4.69) is 10.2 Å². The minimum Gasteiger partial charge on any atom is -0.381 e. The van der Waals surface area contributed by atoms with Crippen LogP contribution in [-0.4, -0.2) is 73.6 Å². The van der Waals surface area contributed by atoms with Crippen LogP contribution in [0.3, 0.4) is 0 Å². The van der Waals surface area contributed by atoms with Gasteiger partial charge in [0.15, 0.2) is 0 Å². The standard InChI is InChI=1S/C19H31N3O3/c23-18(15-5-10-25-11-6-15)21-12-16(13-21)19(24)22-9-8-20-7-4-17(22)14-2-1-3-14/h14-17,20H,1-13H2. The number of ether oxygens (including phenoxy) is 1. The Balaban J connectivity index is 1.32. The first-order valence-corrected chi connectivity index (χ1v) is 10.1. The smallest absolute Gasteiger partial charge is 0.229 e. The van der Waals surface area contributed by atoms with E-state index in [-0.39, 0.29) is 23.7 Å². The quantitative estimate of drug-likeness (QED) is 0.821. The molecule has 0 spiro atoms. The molecule has 1 N–H and O–H groups in total. The van der Waals surface area contributed by atoms with E-state index < -0.39 is 0 Å². The Morgan fingerprint density at radius 1 is 0.880 bits per heavy atom. The first-order chi connectivity index (χ1) is 12.2. The third kappa shape index (κ3) is 3.56. The normalized spacial score (nSPS) is 29.7. The predicted molar refractivity (Wildman–Crippen MR) is 93.9 cm³/mol. The van der Waals surface area contributed by atoms with Gasteiger partial charge in [-0.05, 0) is 44.6 Å². The fourth-order valence-corrected chi connectivity index (χ4v) is 4.74. The molecule has 1 atom stereocenters. The van der Waals surface area contributed by atoms with Crippen molar-refractivity contribution in [2.75, 3.05) is 45.9 Å². The summed E-state index contributed by atoms with van der Waals surface area (Å²) in [5.74, 6) is 1.35. The summed E-state index contributed by atoms with van der Waals surface area (Å²) in [6.07, 6.45) is 6.59. The highest BCUT2D eigenvalue weighted by atomic mass is 16.5. The number of hydrogen-bond acceptors (Lipinski definition) is 4. The molecular formula is C19H31N3O3. The van der Waals surface area contributed by atoms with Gasteiger partial charge in [-0.3, -0.25) is 9.59 Å². The van der Waals surface area contributed by atoms with Crippen molar-refractivity contribution in [1.29, 1.82) is 0 Å². The van der Waals surface area contributed by atoms with Gasteiger partial charge in [-0.15, -0.1) is 0 Å². The van der Waals surface area contributed by atoms with Crippen LogP contribution in [-0.2, 0) is 14.3 Å². The highest BCUT2D eigenvalue weighted by molar-refractivity contribution is 5.85. The molecule has 0 aromatic rings. The van der Waals surface area contributed by atoms with Crippen LogP contribution in [0.5, 0.6) is 0 Å². The van der Waals surface area contributed by atoms with Gasteiger partial charge in [0.2, 0.25) is 11.8 Å². The van der Waals surface area contributed by atoms with Gasteiger partial charge < -0.3 is 19.9 Å². The third-order valence-electron chi connectivity index (χ3n) is 6.64. The molecule has 2 amide bonds. The summed E-state index contributed by atoms with van der Waals surface area (Å²) in [5.41, 5.74) is 0. The molecule has 25 heavy (non-hydrogen) atoms. The maximum absolute atomic E-state index is 13.1. The zero-order valence-corrected chi connectivity index (χ0v) is 15.1. The molecule has 3 heterocycles. The Labute approximate surface area is 150 Å². The predicted octanol–water partition coefficient (Wildman–Crippen LogP) is 0.862. The summed E-state index contributed by atoms with van der Waals surface area (Å²) < 4.78 is 5.34. The molecule has 3 aliphatic heterocycles. The van der Waals surface area contributed by atoms with Crippen molar-refractivity contribution in [3.63, 3.8) is 0 Å². The maximum Gasteiger partial charge on any atom is 0.229 e. The Morgan fingerprint density at radius 3 is 2.32 bits per heavy atom. The number of rotatable bonds is 3. The highest BCUT2D eigenvalue weighted by Gasteiger charge is 2.43. The number of nitrogens with one attached hydrogen (secondary N) is 1. The van der Waals surface area contributed by atoms with Gasteiger partial charge in [0.1, 0.15) is 0 Å². The van der Waals surface area contributed by atoms with Crippen LogP contribution < -0.4 is 5.32 Å². The second-order valence-corrected chi connectivity index (χ2v) is 8.16. The molecule has 1 saturated carbocycles. The molecule has 1 aliphatic carbocycles. The van der Waals surface area contributed by atoms with Crippen molar-refractivity contribution >= 4 is 11.8 Å². The first kappa shape index (κ1) is 17.3. The lowest BCUT2D eigenvalue weighted by Crippen LogP contribution is -2.60. The summed E-state index contributed by atoms with van der Waals surface area (Å²) in [7, 11) is 0. The lowest BCUT2D eigenvalue weighted by Gasteiger charge is -2.46. The van der Waals surface area contributed by atoms with E-state index in [1.807, 2.05) is 4.90 Å². The number of carbonyl (C=O) groups is 2. The Bertz CT molecular complexity index is 496. The second kappa shape index (κ2) is 7.62. The first-order valence-electron chi connectivity index (χ1n) is 10.1. The zero-order valence-electron chi connectivity index (χ0n) is 15.1. The fourth-order valence-electron chi connectivity index (χ4n) is 4.74. The number of carbonyl (C=O) groups excluding carboxylic acids is 2. The number of nitrogens with zero attached hydrogens (tertiary/aromatic N) is 2. The summed E-state index contributed by atoms with van der Waals surface area (Å²) in [5, 5.41) is 3.44. The van der Waals surface area contributed by atoms with Crippen LogP contribution in [0.25, 0.3) is 0 Å². The molecule has 3 saturated heterocycles. The van der Waals surface area contributed by atoms with Gasteiger partial charge in [0.25, 0.3) is 0 Å². The number of likely N-dealkylation sites (tertiary alicyclic amines) is 1. The average Bonchev–Trinajstić information content (AvgIpc) is 2.78. The van der Waals surface area contributed by atoms with Gasteiger partial charge in [-0.25, -0.2) is 0 Å². The Kier molecular flexibility index (Phi) is 5.27. The fraction of sp³-hybridized carbons (Fsp3) is 0.895. The molecule has 0 aromatic carbocycles. The van der Waals surface area contributed by atoms with Gasteiger partial charge in [-0.1, -0.05) is 6.42 Å². The Morgan fingerprint density at radius 2 is 1.64 bits per heavy atom. The zero-order chi connectivity index (χ0) is 17.2. The van der Waals surface area contributed by atoms with Crippen LogP contribution in [0, 0.1) is 17.8 Å². The number of hydrogen-bond donors (Lipinski definition) is 1. The maximum atomic E-state index is 13.1. The average molecular weight is 349 g/mol. The molecule has 1 unspecified atom stereocenters. The summed E-state index contributed by atoms with van der Waals surface area (Å²) in [6.45, 7) is 5.36. The van der Waals surface area contributed by atoms with Gasteiger partial charge in [0.05, 0.1) is 5.92 Å². The van der Waals surface area contributed by atoms with Gasteiger partial charge in [-0.2, -0.15) is 0 Å². The monoisotopic (exact) mass is 349 g/mol. The van der Waals surface area contributed by atoms with E-state index in [9.17, 15) is 9.59 Å². The van der Waals surface area contributed by atoms with Gasteiger partial charge >= 0.3 is 0 Å². The lowest BCUT2D eigenvalue weighted by molar-refractivity contribution is -0.154. The van der Waals surface area contributed by atoms with Crippen molar-refractivity contribution in [3.05, 3.63) is 0 Å². The highest BCUT2D eigenvalue weighted by Crippen LogP contribution is 2.35. The number of amides is 2. The third-order valence-corrected chi connectivity index (χ3v) is 6.64. The van der Waals surface area contributed by atoms with E-state index >= 15 is 0 Å². The minimum absolute atomic E-state index is 0.0180. The van der Waals surface area contributed by atoms with E-state index in [1.54, 1.807) is 0 Å². The molecule has 0 bridgehead atoms. The molecule has 140 valence electrons. The van der Waals surface area contributed by atoms with E-state index in [1.165, 1.54) is 19.3 Å². The SMILES string of the molecule is O=C(C1CCOCC1)N1CC(C(=O)N2CCNCCC2C2CCC2)C1. The van der Waals surface area contributed by atoms with Crippen molar-refractivity contribution in [3.8, 4) is 0 Å². The van der Waals surface area contributed by atoms with Crippen LogP contribution in [0.4, 0.5) is 0 Å². The summed E-state index contributed by atoms with van der Waals surface area (Å²) in [4.78, 5) is 29.7. The summed E-state index contributed by atoms with van der Waals surface area (Å²) >= 11 is 0. The van der Waals surface area contributed by atoms with Crippen LogP contribution in [0.2, 0.25) is 0 Å². The van der Waals surface area contributed by atoms with Crippen molar-refractivity contribution in [1.82, 2.24) is 15.1 Å². The molecule has 6 heteroatoms. The lowest BCUT2D eigenvalue weighted by atomic mass is 9.77. The molecule has 4 rings (SSSR count). The van der Waals surface area contributed by atoms with Crippen molar-refractivity contribution < 1.29 is 14.3 Å². The largest absolute Gasteiger partial charge is 0.381 e. The van der Waals surface area contributed by atoms with Gasteiger partial charge in [0, 0.05) is 51.4 Å². The molecule has 6 nitrogen and oxygen atoms in total. The van der Waals surface area contributed by atoms with Crippen LogP contribution in [0.15, 0.2) is 0 Å². The Hall–Kier alpha value is -1.14. The molecule has 0 aromatic heterocycles. The second-order valence-electron chi connectivity index (χ2n) is 8.16. The molecule has 4 fully saturated rings. The minimum atomic E-state index is 0.0180. The van der Waals surface area contributed by atoms with Crippen LogP contribution in [0.1, 0.15) is 38.5 Å². The molecule has 0 radical (unpaired) electrons. The van der Waals surface area contributed by atoms with Crippen molar-refractivity contribution in [2.45, 2.75) is 44.6 Å². The molecular weight excluding hydrogens is 318 g/mol. The summed E-state index contributed by atoms with van der Waals surface area (Å²) in [6, 6.07) is 0.413. The van der Waals surface area contributed by atoms with E-state index in [0.717, 1.165) is 38.9 Å². The van der Waals surface area contributed by atoms with Crippen LogP contribution >= 0.6 is 0 Å².